The molecule has 0 saturated carbocycles. The number of benzene rings is 1. The number of amides is 1. The van der Waals surface area contributed by atoms with Crippen LogP contribution in [0.4, 0.5) is 0 Å². The lowest BCUT2D eigenvalue weighted by Crippen LogP contribution is -2.37. The third kappa shape index (κ3) is 4.47. The second-order valence-corrected chi connectivity index (χ2v) is 10.0. The Labute approximate surface area is 180 Å². The van der Waals surface area contributed by atoms with Crippen LogP contribution in [-0.2, 0) is 14.6 Å². The van der Waals surface area contributed by atoms with E-state index in [-0.39, 0.29) is 12.0 Å². The summed E-state index contributed by atoms with van der Waals surface area (Å²) in [5.41, 5.74) is 2.08. The van der Waals surface area contributed by atoms with Crippen molar-refractivity contribution < 1.29 is 22.5 Å². The Bertz CT molecular complexity index is 1190. The van der Waals surface area contributed by atoms with Crippen molar-refractivity contribution >= 4 is 26.8 Å². The molecule has 8 nitrogen and oxygen atoms in total. The van der Waals surface area contributed by atoms with Gasteiger partial charge >= 0.3 is 0 Å². The highest BCUT2D eigenvalue weighted by Crippen LogP contribution is 2.27. The van der Waals surface area contributed by atoms with Gasteiger partial charge < -0.3 is 14.6 Å². The van der Waals surface area contributed by atoms with Crippen molar-refractivity contribution in [3.8, 4) is 0 Å². The molecule has 2 atom stereocenters. The number of carbonyl (C=O) groups excluding carboxylic acids is 1. The van der Waals surface area contributed by atoms with Gasteiger partial charge in [-0.15, -0.1) is 0 Å². The fourth-order valence-electron chi connectivity index (χ4n) is 3.97. The minimum absolute atomic E-state index is 0.228. The Morgan fingerprint density at radius 3 is 2.77 bits per heavy atom. The van der Waals surface area contributed by atoms with Crippen molar-refractivity contribution in [3.05, 3.63) is 53.3 Å². The Morgan fingerprint density at radius 1 is 1.23 bits per heavy atom. The SMILES string of the molecule is Cc1cc(C(=O)NCC[C@@H]2C[C@@H](S(=O)(=O)c3ccccc3)CCO2)c2c(C)noc2n1. The highest BCUT2D eigenvalue weighted by molar-refractivity contribution is 7.92. The van der Waals surface area contributed by atoms with Gasteiger partial charge in [0, 0.05) is 18.8 Å². The number of nitrogens with one attached hydrogen (secondary N) is 1. The number of nitrogens with zero attached hydrogens (tertiary/aromatic N) is 2. The average Bonchev–Trinajstić information content (AvgIpc) is 3.14. The normalized spacial score (nSPS) is 19.4. The van der Waals surface area contributed by atoms with Gasteiger partial charge in [0.15, 0.2) is 9.84 Å². The number of fused-ring (bicyclic) bond motifs is 1. The van der Waals surface area contributed by atoms with E-state index in [1.807, 2.05) is 0 Å². The molecule has 0 radical (unpaired) electrons. The first-order valence-corrected chi connectivity index (χ1v) is 11.8. The van der Waals surface area contributed by atoms with E-state index in [0.29, 0.717) is 65.4 Å². The number of aromatic nitrogens is 2. The minimum atomic E-state index is -3.40. The molecule has 0 unspecified atom stereocenters. The number of rotatable bonds is 6. The molecule has 0 aliphatic carbocycles. The molecule has 1 amide bonds. The Balaban J connectivity index is 1.38. The number of sulfone groups is 1. The van der Waals surface area contributed by atoms with Gasteiger partial charge in [0.05, 0.1) is 32.9 Å². The van der Waals surface area contributed by atoms with E-state index in [1.165, 1.54) is 0 Å². The van der Waals surface area contributed by atoms with Crippen LogP contribution >= 0.6 is 0 Å². The van der Waals surface area contributed by atoms with Gasteiger partial charge in [-0.25, -0.2) is 13.4 Å². The lowest BCUT2D eigenvalue weighted by atomic mass is 10.1. The summed E-state index contributed by atoms with van der Waals surface area (Å²) in [5, 5.41) is 6.92. The van der Waals surface area contributed by atoms with Crippen LogP contribution in [0.15, 0.2) is 45.8 Å². The van der Waals surface area contributed by atoms with Crippen molar-refractivity contribution in [1.82, 2.24) is 15.5 Å². The summed E-state index contributed by atoms with van der Waals surface area (Å²) in [5.74, 6) is -0.244. The highest BCUT2D eigenvalue weighted by atomic mass is 32.2. The Morgan fingerprint density at radius 2 is 2.00 bits per heavy atom. The first-order chi connectivity index (χ1) is 14.9. The average molecular weight is 444 g/mol. The van der Waals surface area contributed by atoms with Crippen molar-refractivity contribution in [2.45, 2.75) is 49.4 Å². The molecule has 164 valence electrons. The molecular formula is C22H25N3O5S. The van der Waals surface area contributed by atoms with Gasteiger partial charge in [-0.3, -0.25) is 4.79 Å². The molecular weight excluding hydrogens is 418 g/mol. The first kappa shape index (κ1) is 21.5. The minimum Gasteiger partial charge on any atom is -0.378 e. The number of hydrogen-bond acceptors (Lipinski definition) is 7. The molecule has 1 saturated heterocycles. The summed E-state index contributed by atoms with van der Waals surface area (Å²) in [4.78, 5) is 17.4. The van der Waals surface area contributed by atoms with Crippen molar-refractivity contribution in [2.24, 2.45) is 0 Å². The first-order valence-electron chi connectivity index (χ1n) is 10.3. The van der Waals surface area contributed by atoms with E-state index in [2.05, 4.69) is 15.5 Å². The maximum Gasteiger partial charge on any atom is 0.258 e. The van der Waals surface area contributed by atoms with Crippen LogP contribution in [-0.4, -0.2) is 49.0 Å². The van der Waals surface area contributed by atoms with E-state index >= 15 is 0 Å². The molecule has 1 aromatic carbocycles. The van der Waals surface area contributed by atoms with E-state index in [4.69, 9.17) is 9.26 Å². The van der Waals surface area contributed by atoms with Crippen LogP contribution in [0.5, 0.6) is 0 Å². The Kier molecular flexibility index (Phi) is 6.06. The van der Waals surface area contributed by atoms with E-state index < -0.39 is 15.1 Å². The van der Waals surface area contributed by atoms with Crippen LogP contribution in [0.3, 0.4) is 0 Å². The molecule has 0 bridgehead atoms. The predicted octanol–water partition coefficient (Wildman–Crippen LogP) is 2.98. The molecule has 1 N–H and O–H groups in total. The summed E-state index contributed by atoms with van der Waals surface area (Å²) in [7, 11) is -3.40. The quantitative estimate of drug-likeness (QED) is 0.623. The second-order valence-electron chi connectivity index (χ2n) is 7.80. The van der Waals surface area contributed by atoms with Gasteiger partial charge in [0.25, 0.3) is 11.6 Å². The summed E-state index contributed by atoms with van der Waals surface area (Å²) in [6.07, 6.45) is 1.19. The molecule has 31 heavy (non-hydrogen) atoms. The lowest BCUT2D eigenvalue weighted by molar-refractivity contribution is 0.0132. The summed E-state index contributed by atoms with van der Waals surface area (Å²) in [6, 6.07) is 10.2. The monoisotopic (exact) mass is 443 g/mol. The highest BCUT2D eigenvalue weighted by Gasteiger charge is 2.33. The van der Waals surface area contributed by atoms with Gasteiger partial charge in [-0.1, -0.05) is 23.4 Å². The molecule has 4 rings (SSSR count). The standard InChI is InChI=1S/C22H25N3O5S/c1-14-12-19(20-15(2)25-30-22(20)24-14)21(26)23-10-8-16-13-18(9-11-29-16)31(27,28)17-6-4-3-5-7-17/h3-7,12,16,18H,8-11,13H2,1-2H3,(H,23,26)/t16-,18+/m1/s1. The molecule has 1 aliphatic rings. The van der Waals surface area contributed by atoms with E-state index in [1.54, 1.807) is 50.2 Å². The summed E-state index contributed by atoms with van der Waals surface area (Å²) < 4.78 is 36.8. The molecule has 3 aromatic rings. The largest absolute Gasteiger partial charge is 0.378 e. The predicted molar refractivity (Wildman–Crippen MR) is 115 cm³/mol. The van der Waals surface area contributed by atoms with Crippen LogP contribution in [0.2, 0.25) is 0 Å². The number of carbonyl (C=O) groups is 1. The van der Waals surface area contributed by atoms with Crippen molar-refractivity contribution in [1.29, 1.82) is 0 Å². The van der Waals surface area contributed by atoms with E-state index in [0.717, 1.165) is 0 Å². The topological polar surface area (TPSA) is 111 Å². The zero-order valence-corrected chi connectivity index (χ0v) is 18.3. The fourth-order valence-corrected chi connectivity index (χ4v) is 5.77. The lowest BCUT2D eigenvalue weighted by Gasteiger charge is -2.29. The van der Waals surface area contributed by atoms with Gasteiger partial charge in [0.1, 0.15) is 0 Å². The van der Waals surface area contributed by atoms with Crippen LogP contribution in [0, 0.1) is 13.8 Å². The maximum absolute atomic E-state index is 12.9. The van der Waals surface area contributed by atoms with Crippen molar-refractivity contribution in [2.75, 3.05) is 13.2 Å². The summed E-state index contributed by atoms with van der Waals surface area (Å²) in [6.45, 7) is 4.31. The van der Waals surface area contributed by atoms with Crippen LogP contribution in [0.25, 0.3) is 11.1 Å². The molecule has 1 fully saturated rings. The Hall–Kier alpha value is -2.78. The number of hydrogen-bond donors (Lipinski definition) is 1. The smallest absolute Gasteiger partial charge is 0.258 e. The van der Waals surface area contributed by atoms with Gasteiger partial charge in [-0.05, 0) is 51.3 Å². The molecule has 9 heteroatoms. The maximum atomic E-state index is 12.9. The van der Waals surface area contributed by atoms with Crippen molar-refractivity contribution in [3.63, 3.8) is 0 Å². The number of aryl methyl sites for hydroxylation is 2. The zero-order valence-electron chi connectivity index (χ0n) is 17.5. The number of ether oxygens (including phenoxy) is 1. The van der Waals surface area contributed by atoms with E-state index in [9.17, 15) is 13.2 Å². The summed E-state index contributed by atoms with van der Waals surface area (Å²) >= 11 is 0. The van der Waals surface area contributed by atoms with Crippen LogP contribution in [0.1, 0.15) is 41.0 Å². The molecule has 3 heterocycles. The third-order valence-electron chi connectivity index (χ3n) is 5.57. The molecule has 0 spiro atoms. The molecule has 1 aliphatic heterocycles. The second kappa shape index (κ2) is 8.76. The fraction of sp³-hybridized carbons (Fsp3) is 0.409. The zero-order chi connectivity index (χ0) is 22.0. The van der Waals surface area contributed by atoms with Gasteiger partial charge in [-0.2, -0.15) is 0 Å². The van der Waals surface area contributed by atoms with Gasteiger partial charge in [0.2, 0.25) is 0 Å². The molecule has 2 aromatic heterocycles. The number of pyridine rings is 1. The third-order valence-corrected chi connectivity index (χ3v) is 7.81. The van der Waals surface area contributed by atoms with Crippen LogP contribution < -0.4 is 5.32 Å².